The van der Waals surface area contributed by atoms with Crippen molar-refractivity contribution in [3.63, 3.8) is 0 Å². The highest BCUT2D eigenvalue weighted by Gasteiger charge is 2.38. The molecule has 1 aliphatic heterocycles. The van der Waals surface area contributed by atoms with Crippen molar-refractivity contribution < 1.29 is 19.1 Å². The Kier molecular flexibility index (Phi) is 6.00. The van der Waals surface area contributed by atoms with E-state index in [0.29, 0.717) is 6.54 Å². The Labute approximate surface area is 143 Å². The van der Waals surface area contributed by atoms with Crippen LogP contribution in [0.2, 0.25) is 0 Å². The molecule has 0 bridgehead atoms. The van der Waals surface area contributed by atoms with Crippen LogP contribution in [0.1, 0.15) is 31.6 Å². The first kappa shape index (κ1) is 17.7. The SMILES string of the molecule is COC(=O)N[C@H](C(=O)N1CCC[C@H]1c1ncc(Br)[nH]1)[C@@H](C)OC. The average molecular weight is 389 g/mol. The third-order valence-electron chi connectivity index (χ3n) is 3.98. The van der Waals surface area contributed by atoms with Gasteiger partial charge in [0.15, 0.2) is 0 Å². The number of amides is 2. The summed E-state index contributed by atoms with van der Waals surface area (Å²) >= 11 is 3.33. The summed E-state index contributed by atoms with van der Waals surface area (Å²) in [6.07, 6.45) is 2.21. The Morgan fingerprint density at radius 2 is 2.26 bits per heavy atom. The van der Waals surface area contributed by atoms with E-state index < -0.39 is 18.2 Å². The van der Waals surface area contributed by atoms with Crippen LogP contribution in [-0.4, -0.2) is 59.8 Å². The molecule has 0 saturated carbocycles. The summed E-state index contributed by atoms with van der Waals surface area (Å²) in [7, 11) is 2.75. The molecule has 23 heavy (non-hydrogen) atoms. The van der Waals surface area contributed by atoms with Crippen molar-refractivity contribution in [1.82, 2.24) is 20.2 Å². The van der Waals surface area contributed by atoms with E-state index in [1.165, 1.54) is 14.2 Å². The maximum absolute atomic E-state index is 12.9. The minimum atomic E-state index is -0.813. The molecule has 2 rings (SSSR count). The second-order valence-corrected chi connectivity index (χ2v) is 6.21. The largest absolute Gasteiger partial charge is 0.453 e. The summed E-state index contributed by atoms with van der Waals surface area (Å²) in [5.41, 5.74) is 0. The van der Waals surface area contributed by atoms with Crippen LogP contribution in [-0.2, 0) is 14.3 Å². The number of aromatic nitrogens is 2. The third kappa shape index (κ3) is 4.03. The average Bonchev–Trinajstić information content (AvgIpc) is 3.19. The fourth-order valence-electron chi connectivity index (χ4n) is 2.68. The van der Waals surface area contributed by atoms with Crippen molar-refractivity contribution in [3.8, 4) is 0 Å². The van der Waals surface area contributed by atoms with Gasteiger partial charge in [-0.25, -0.2) is 9.78 Å². The number of aromatic amines is 1. The number of rotatable bonds is 5. The maximum atomic E-state index is 12.9. The Morgan fingerprint density at radius 3 is 2.83 bits per heavy atom. The number of halogens is 1. The quantitative estimate of drug-likeness (QED) is 0.798. The van der Waals surface area contributed by atoms with Crippen molar-refractivity contribution in [3.05, 3.63) is 16.6 Å². The highest BCUT2D eigenvalue weighted by Crippen LogP contribution is 2.31. The van der Waals surface area contributed by atoms with Gasteiger partial charge in [0.2, 0.25) is 5.91 Å². The van der Waals surface area contributed by atoms with Gasteiger partial charge in [0.25, 0.3) is 0 Å². The van der Waals surface area contributed by atoms with Crippen LogP contribution in [0.4, 0.5) is 4.79 Å². The summed E-state index contributed by atoms with van der Waals surface area (Å²) in [6.45, 7) is 2.34. The van der Waals surface area contributed by atoms with Crippen molar-refractivity contribution in [2.24, 2.45) is 0 Å². The van der Waals surface area contributed by atoms with Crippen LogP contribution in [0, 0.1) is 0 Å². The Bertz CT molecular complexity index is 565. The predicted octanol–water partition coefficient (Wildman–Crippen LogP) is 1.60. The zero-order valence-electron chi connectivity index (χ0n) is 13.3. The molecule has 0 radical (unpaired) electrons. The van der Waals surface area contributed by atoms with Crippen LogP contribution >= 0.6 is 15.9 Å². The van der Waals surface area contributed by atoms with E-state index >= 15 is 0 Å². The second-order valence-electron chi connectivity index (χ2n) is 5.36. The lowest BCUT2D eigenvalue weighted by Crippen LogP contribution is -2.54. The fraction of sp³-hybridized carbons (Fsp3) is 0.643. The minimum absolute atomic E-state index is 0.139. The monoisotopic (exact) mass is 388 g/mol. The molecule has 1 fully saturated rings. The third-order valence-corrected chi connectivity index (χ3v) is 4.38. The van der Waals surface area contributed by atoms with E-state index in [4.69, 9.17) is 4.74 Å². The molecule has 0 aliphatic carbocycles. The first-order valence-corrected chi connectivity index (χ1v) is 8.15. The van der Waals surface area contributed by atoms with E-state index in [-0.39, 0.29) is 11.9 Å². The van der Waals surface area contributed by atoms with Gasteiger partial charge in [-0.3, -0.25) is 4.79 Å². The van der Waals surface area contributed by atoms with E-state index in [1.807, 2.05) is 0 Å². The molecule has 1 saturated heterocycles. The molecule has 128 valence electrons. The van der Waals surface area contributed by atoms with Crippen molar-refractivity contribution in [2.45, 2.75) is 38.0 Å². The van der Waals surface area contributed by atoms with Gasteiger partial charge in [0, 0.05) is 13.7 Å². The molecule has 0 spiro atoms. The van der Waals surface area contributed by atoms with E-state index in [2.05, 4.69) is 36.0 Å². The van der Waals surface area contributed by atoms with Gasteiger partial charge in [-0.1, -0.05) is 0 Å². The molecule has 0 unspecified atom stereocenters. The predicted molar refractivity (Wildman–Crippen MR) is 85.8 cm³/mol. The van der Waals surface area contributed by atoms with Crippen molar-refractivity contribution in [2.75, 3.05) is 20.8 Å². The molecule has 2 heterocycles. The summed E-state index contributed by atoms with van der Waals surface area (Å²) in [6, 6.07) is -0.953. The normalized spacial score (nSPS) is 20.2. The van der Waals surface area contributed by atoms with Gasteiger partial charge in [-0.2, -0.15) is 0 Å². The number of carbonyl (C=O) groups is 2. The molecule has 2 N–H and O–H groups in total. The first-order valence-electron chi connectivity index (χ1n) is 7.36. The number of carbonyl (C=O) groups excluding carboxylic acids is 2. The number of hydrogen-bond acceptors (Lipinski definition) is 5. The Morgan fingerprint density at radius 1 is 1.52 bits per heavy atom. The van der Waals surface area contributed by atoms with E-state index in [0.717, 1.165) is 23.3 Å². The fourth-order valence-corrected chi connectivity index (χ4v) is 2.98. The van der Waals surface area contributed by atoms with E-state index in [9.17, 15) is 9.59 Å². The Balaban J connectivity index is 2.18. The van der Waals surface area contributed by atoms with Crippen molar-refractivity contribution >= 4 is 27.9 Å². The number of nitrogens with zero attached hydrogens (tertiary/aromatic N) is 2. The zero-order chi connectivity index (χ0) is 17.0. The van der Waals surface area contributed by atoms with Gasteiger partial charge < -0.3 is 24.7 Å². The van der Waals surface area contributed by atoms with Crippen LogP contribution in [0.15, 0.2) is 10.8 Å². The van der Waals surface area contributed by atoms with Crippen LogP contribution < -0.4 is 5.32 Å². The van der Waals surface area contributed by atoms with Gasteiger partial charge in [-0.15, -0.1) is 0 Å². The van der Waals surface area contributed by atoms with Crippen molar-refractivity contribution in [1.29, 1.82) is 0 Å². The molecule has 0 aromatic carbocycles. The lowest BCUT2D eigenvalue weighted by atomic mass is 10.1. The number of likely N-dealkylation sites (tertiary alicyclic amines) is 1. The molecule has 8 nitrogen and oxygen atoms in total. The topological polar surface area (TPSA) is 96.5 Å². The smallest absolute Gasteiger partial charge is 0.407 e. The van der Waals surface area contributed by atoms with Gasteiger partial charge in [0.05, 0.1) is 25.5 Å². The van der Waals surface area contributed by atoms with Gasteiger partial charge in [-0.05, 0) is 35.7 Å². The van der Waals surface area contributed by atoms with E-state index in [1.54, 1.807) is 18.0 Å². The molecule has 1 aromatic rings. The maximum Gasteiger partial charge on any atom is 0.407 e. The zero-order valence-corrected chi connectivity index (χ0v) is 14.9. The van der Waals surface area contributed by atoms with Gasteiger partial charge in [0.1, 0.15) is 16.5 Å². The first-order chi connectivity index (χ1) is 11.0. The second kappa shape index (κ2) is 7.78. The summed E-state index contributed by atoms with van der Waals surface area (Å²) < 4.78 is 10.6. The molecule has 9 heteroatoms. The molecule has 2 amide bonds. The highest BCUT2D eigenvalue weighted by atomic mass is 79.9. The lowest BCUT2D eigenvalue weighted by Gasteiger charge is -2.30. The molecule has 3 atom stereocenters. The number of methoxy groups -OCH3 is 2. The molecular formula is C14H21BrN4O4. The van der Waals surface area contributed by atoms with Crippen LogP contribution in [0.3, 0.4) is 0 Å². The number of nitrogens with one attached hydrogen (secondary N) is 2. The molecule has 1 aliphatic rings. The summed E-state index contributed by atoms with van der Waals surface area (Å²) in [5.74, 6) is 0.518. The highest BCUT2D eigenvalue weighted by molar-refractivity contribution is 9.10. The minimum Gasteiger partial charge on any atom is -0.453 e. The van der Waals surface area contributed by atoms with Crippen LogP contribution in [0.25, 0.3) is 0 Å². The Hall–Kier alpha value is -1.61. The number of hydrogen-bond donors (Lipinski definition) is 2. The van der Waals surface area contributed by atoms with Gasteiger partial charge >= 0.3 is 6.09 Å². The molecular weight excluding hydrogens is 368 g/mol. The number of ether oxygens (including phenoxy) is 2. The summed E-state index contributed by atoms with van der Waals surface area (Å²) in [4.78, 5) is 33.6. The standard InChI is InChI=1S/C14H21BrN4O4/c1-8(22-2)11(18-14(21)23-3)13(20)19-6-4-5-9(19)12-16-7-10(15)17-12/h7-9,11H,4-6H2,1-3H3,(H,16,17)(H,18,21)/t8-,9+,11+/m1/s1. The number of H-pyrrole nitrogens is 1. The lowest BCUT2D eigenvalue weighted by molar-refractivity contribution is -0.137. The number of alkyl carbamates (subject to hydrolysis) is 1. The number of imidazole rings is 1. The molecule has 1 aromatic heterocycles. The van der Waals surface area contributed by atoms with Crippen LogP contribution in [0.5, 0.6) is 0 Å². The summed E-state index contributed by atoms with van der Waals surface area (Å²) in [5, 5.41) is 2.55.